The van der Waals surface area contributed by atoms with E-state index in [1.807, 2.05) is 0 Å². The first-order chi connectivity index (χ1) is 47.6. The Kier molecular flexibility index (Phi) is 13.6. The molecule has 0 aromatic heterocycles. The topological polar surface area (TPSA) is 41.1 Å². The fourth-order valence-electron chi connectivity index (χ4n) is 17.0. The van der Waals surface area contributed by atoms with Crippen LogP contribution in [0.2, 0.25) is 0 Å². The molecule has 0 bridgehead atoms. The van der Waals surface area contributed by atoms with E-state index >= 15 is 0 Å². The molecule has 4 heterocycles. The van der Waals surface area contributed by atoms with Crippen molar-refractivity contribution in [2.75, 3.05) is 19.6 Å². The first-order valence-corrected chi connectivity index (χ1v) is 34.0. The smallest absolute Gasteiger partial charge is 0.203 e. The van der Waals surface area contributed by atoms with Crippen LogP contribution in [0.25, 0.3) is 49.4 Å². The average Bonchev–Trinajstić information content (AvgIpc) is 0.744. The molecule has 13 aromatic rings. The Bertz CT molecular complexity index is 4620. The zero-order valence-corrected chi connectivity index (χ0v) is 56.4. The largest absolute Gasteiger partial charge is 0.310 e. The van der Waals surface area contributed by atoms with Gasteiger partial charge in [0.2, 0.25) is 5.69 Å². The third kappa shape index (κ3) is 8.84. The highest BCUT2D eigenvalue weighted by atomic mass is 15.2. The van der Waals surface area contributed by atoms with E-state index in [1.165, 1.54) is 44.5 Å². The van der Waals surface area contributed by atoms with Gasteiger partial charge in [0, 0.05) is 44.4 Å². The summed E-state index contributed by atoms with van der Waals surface area (Å²) in [7, 11) is 0. The SMILES string of the molecule is [C-]#[N+]c1c(-c2ccc(N3c4ccccc4C(C)(C)c4ccccc43)cc2)c(-c2ccc(N3c4ccccc4C(C)(C)c4ccccc43)cc2)c(C#N)c(-c2ccc(N3c4ccccc4C(C)(C)c4ccccc43)cc2)c1-c1ccc(N2c3ccccc3C(C)(C)c3ccccc32)cc1. The van der Waals surface area contributed by atoms with Gasteiger partial charge in [0.15, 0.2) is 0 Å². The second kappa shape index (κ2) is 22.3. The van der Waals surface area contributed by atoms with Crippen molar-refractivity contribution in [2.45, 2.75) is 77.0 Å². The molecule has 0 spiro atoms. The van der Waals surface area contributed by atoms with Crippen molar-refractivity contribution >= 4 is 73.9 Å². The van der Waals surface area contributed by atoms with Crippen LogP contribution in [-0.2, 0) is 21.7 Å². The fourth-order valence-corrected chi connectivity index (χ4v) is 17.0. The normalized spacial score (nSPS) is 15.2. The Balaban J connectivity index is 0.906. The summed E-state index contributed by atoms with van der Waals surface area (Å²) in [6.07, 6.45) is 0. The Morgan fingerprint density at radius 3 is 0.602 bits per heavy atom. The highest BCUT2D eigenvalue weighted by molar-refractivity contribution is 6.10. The summed E-state index contributed by atoms with van der Waals surface area (Å²) in [5, 5.41) is 12.5. The van der Waals surface area contributed by atoms with Crippen molar-refractivity contribution in [3.63, 3.8) is 0 Å². The Morgan fingerprint density at radius 2 is 0.429 bits per heavy atom. The van der Waals surface area contributed by atoms with Crippen molar-refractivity contribution in [1.29, 1.82) is 5.26 Å². The van der Waals surface area contributed by atoms with Crippen LogP contribution in [0.5, 0.6) is 0 Å². The fraction of sp³-hybridized carbons (Fsp3) is 0.130. The van der Waals surface area contributed by atoms with E-state index in [0.717, 1.165) is 90.5 Å². The summed E-state index contributed by atoms with van der Waals surface area (Å²) in [5.41, 5.74) is 29.0. The summed E-state index contributed by atoms with van der Waals surface area (Å²) in [6, 6.07) is 108. The number of benzene rings is 13. The van der Waals surface area contributed by atoms with Crippen molar-refractivity contribution in [1.82, 2.24) is 0 Å². The predicted octanol–water partition coefficient (Wildman–Crippen LogP) is 25.2. The number of hydrogen-bond acceptors (Lipinski definition) is 5. The maximum Gasteiger partial charge on any atom is 0.203 e. The molecular weight excluding hydrogens is 1190 g/mol. The van der Waals surface area contributed by atoms with Crippen molar-refractivity contribution in [3.05, 3.63) is 353 Å². The van der Waals surface area contributed by atoms with Gasteiger partial charge in [-0.2, -0.15) is 5.26 Å². The molecule has 0 radical (unpaired) electrons. The zero-order valence-electron chi connectivity index (χ0n) is 56.4. The van der Waals surface area contributed by atoms with Gasteiger partial charge in [-0.05, 0) is 186 Å². The number of hydrogen-bond donors (Lipinski definition) is 0. The highest BCUT2D eigenvalue weighted by Gasteiger charge is 2.41. The van der Waals surface area contributed by atoms with Crippen LogP contribution >= 0.6 is 0 Å². The van der Waals surface area contributed by atoms with Crippen LogP contribution in [0.1, 0.15) is 105 Å². The van der Waals surface area contributed by atoms with Crippen LogP contribution in [0.15, 0.2) is 291 Å². The number of nitrogens with zero attached hydrogens (tertiary/aromatic N) is 6. The summed E-state index contributed by atoms with van der Waals surface area (Å²) in [4.78, 5) is 14.2. The predicted molar refractivity (Wildman–Crippen MR) is 406 cm³/mol. The lowest BCUT2D eigenvalue weighted by molar-refractivity contribution is 0.632. The molecule has 4 aliphatic heterocycles. The molecule has 0 aliphatic carbocycles. The highest BCUT2D eigenvalue weighted by Crippen LogP contribution is 2.59. The second-order valence-corrected chi connectivity index (χ2v) is 28.6. The van der Waals surface area contributed by atoms with E-state index in [9.17, 15) is 11.8 Å². The Hall–Kier alpha value is -12.0. The molecule has 0 amide bonds. The lowest BCUT2D eigenvalue weighted by Crippen LogP contribution is -2.30. The second-order valence-electron chi connectivity index (χ2n) is 28.6. The van der Waals surface area contributed by atoms with E-state index in [1.54, 1.807) is 0 Å². The molecule has 98 heavy (non-hydrogen) atoms. The summed E-state index contributed by atoms with van der Waals surface area (Å²) < 4.78 is 0. The molecule has 0 saturated carbocycles. The van der Waals surface area contributed by atoms with Crippen LogP contribution in [0.3, 0.4) is 0 Å². The molecule has 0 unspecified atom stereocenters. The quantitative estimate of drug-likeness (QED) is 0.142. The maximum atomic E-state index is 12.5. The summed E-state index contributed by atoms with van der Waals surface area (Å²) in [6.45, 7) is 28.3. The third-order valence-corrected chi connectivity index (χ3v) is 21.9. The van der Waals surface area contributed by atoms with Crippen LogP contribution in [0.4, 0.5) is 73.9 Å². The molecule has 6 heteroatoms. The molecule has 0 atom stereocenters. The summed E-state index contributed by atoms with van der Waals surface area (Å²) >= 11 is 0. The van der Waals surface area contributed by atoms with Crippen LogP contribution < -0.4 is 19.6 Å². The molecule has 0 N–H and O–H groups in total. The minimum Gasteiger partial charge on any atom is -0.310 e. The van der Waals surface area contributed by atoms with Gasteiger partial charge in [0.1, 0.15) is 6.07 Å². The van der Waals surface area contributed by atoms with Gasteiger partial charge in [-0.15, -0.1) is 0 Å². The van der Waals surface area contributed by atoms with Gasteiger partial charge in [-0.1, -0.05) is 250 Å². The standard InChI is InChI=1S/C92H72N6/c1-89(2)68-26-10-18-34-76(68)95(77-35-19-11-27-69(77)89)63-50-42-59(43-51-63)84-67(58-93)85(60-44-52-64(53-45-60)96-78-36-20-12-28-70(78)90(3,4)71-29-13-21-37-79(71)96)87(62-48-56-66(57-49-62)98-82-40-24-16-32-74(82)92(7,8)75-33-17-25-41-83(75)98)88(94-9)86(84)61-46-54-65(55-47-61)97-80-38-22-14-30-72(80)91(5,6)73-31-15-23-39-81(73)97/h10-57H,1-8H3. The van der Waals surface area contributed by atoms with Crippen LogP contribution in [-0.4, -0.2) is 0 Å². The van der Waals surface area contributed by atoms with Crippen molar-refractivity contribution < 1.29 is 0 Å². The van der Waals surface area contributed by atoms with Gasteiger partial charge < -0.3 is 19.6 Å². The van der Waals surface area contributed by atoms with Crippen molar-refractivity contribution in [2.24, 2.45) is 0 Å². The molecule has 0 fully saturated rings. The number of rotatable bonds is 8. The monoisotopic (exact) mass is 1260 g/mol. The lowest BCUT2D eigenvalue weighted by atomic mass is 9.73. The Labute approximate surface area is 575 Å². The molecular formula is C92H72N6. The molecule has 17 rings (SSSR count). The van der Waals surface area contributed by atoms with Gasteiger partial charge in [-0.25, -0.2) is 4.85 Å². The molecule has 6 nitrogen and oxygen atoms in total. The van der Waals surface area contributed by atoms with Crippen LogP contribution in [0, 0.1) is 17.9 Å². The molecule has 0 saturated heterocycles. The Morgan fingerprint density at radius 1 is 0.255 bits per heavy atom. The van der Waals surface area contributed by atoms with E-state index in [-0.39, 0.29) is 21.7 Å². The number of nitriles is 1. The maximum absolute atomic E-state index is 12.5. The third-order valence-electron chi connectivity index (χ3n) is 21.9. The minimum atomic E-state index is -0.235. The number of fused-ring (bicyclic) bond motifs is 8. The zero-order chi connectivity index (χ0) is 67.0. The minimum absolute atomic E-state index is 0.235. The average molecular weight is 1260 g/mol. The first kappa shape index (κ1) is 59.8. The first-order valence-electron chi connectivity index (χ1n) is 34.0. The van der Waals surface area contributed by atoms with E-state index in [2.05, 4.69) is 372 Å². The van der Waals surface area contributed by atoms with Gasteiger partial charge >= 0.3 is 0 Å². The van der Waals surface area contributed by atoms with E-state index < -0.39 is 0 Å². The lowest BCUT2D eigenvalue weighted by Gasteiger charge is -2.42. The van der Waals surface area contributed by atoms with Gasteiger partial charge in [0.25, 0.3) is 0 Å². The molecule has 13 aromatic carbocycles. The number of anilines is 12. The summed E-state index contributed by atoms with van der Waals surface area (Å²) in [5.74, 6) is 0. The van der Waals surface area contributed by atoms with E-state index in [4.69, 9.17) is 4.85 Å². The van der Waals surface area contributed by atoms with Gasteiger partial charge in [0.05, 0.1) is 57.6 Å². The van der Waals surface area contributed by atoms with Crippen molar-refractivity contribution in [3.8, 4) is 50.6 Å². The van der Waals surface area contributed by atoms with Gasteiger partial charge in [-0.3, -0.25) is 0 Å². The van der Waals surface area contributed by atoms with E-state index in [0.29, 0.717) is 33.5 Å². The number of para-hydroxylation sites is 8. The molecule has 4 aliphatic rings. The molecule has 470 valence electrons.